The van der Waals surface area contributed by atoms with Crippen LogP contribution in [-0.4, -0.2) is 157 Å². The summed E-state index contributed by atoms with van der Waals surface area (Å²) >= 11 is 15.5. The van der Waals surface area contributed by atoms with Gasteiger partial charge < -0.3 is 38.6 Å². The van der Waals surface area contributed by atoms with E-state index < -0.39 is 24.3 Å². The third-order valence-corrected chi connectivity index (χ3v) is 12.9. The first-order chi connectivity index (χ1) is 26.6. The van der Waals surface area contributed by atoms with Gasteiger partial charge in [-0.05, 0) is 17.9 Å². The van der Waals surface area contributed by atoms with Gasteiger partial charge in [0, 0.05) is 25.7 Å². The fourth-order valence-electron chi connectivity index (χ4n) is 7.66. The summed E-state index contributed by atoms with van der Waals surface area (Å²) in [5.41, 5.74) is 1.28. The average molecular weight is 894 g/mol. The number of piperidine rings is 2. The molecule has 4 fully saturated rings. The largest absolute Gasteiger partial charge is 0.542 e. The average Bonchev–Trinajstić information content (AvgIpc) is 3.17. The van der Waals surface area contributed by atoms with Crippen LogP contribution in [0.15, 0.2) is 10.3 Å². The Hall–Kier alpha value is -3.18. The summed E-state index contributed by atoms with van der Waals surface area (Å²) in [5, 5.41) is 19.3. The van der Waals surface area contributed by atoms with Crippen LogP contribution in [0.3, 0.4) is 0 Å². The van der Waals surface area contributed by atoms with Crippen LogP contribution in [-0.2, 0) is 9.59 Å². The number of aldehydes is 2. The molecule has 6 heterocycles. The highest BCUT2D eigenvalue weighted by molar-refractivity contribution is 7.98. The van der Waals surface area contributed by atoms with Crippen molar-refractivity contribution in [1.29, 1.82) is 0 Å². The van der Waals surface area contributed by atoms with Crippen LogP contribution < -0.4 is 20.0 Å². The Labute approximate surface area is 342 Å². The van der Waals surface area contributed by atoms with Gasteiger partial charge in [0.25, 0.3) is 0 Å². The number of rotatable bonds is 6. The highest BCUT2D eigenvalue weighted by Gasteiger charge is 2.49. The van der Waals surface area contributed by atoms with Crippen molar-refractivity contribution in [2.45, 2.75) is 48.3 Å². The van der Waals surface area contributed by atoms with E-state index in [1.54, 1.807) is 0 Å². The van der Waals surface area contributed by atoms with Crippen molar-refractivity contribution in [3.05, 3.63) is 21.4 Å². The Morgan fingerprint density at radius 2 is 0.912 bits per heavy atom. The lowest BCUT2D eigenvalue weighted by molar-refractivity contribution is -0.945. The summed E-state index contributed by atoms with van der Waals surface area (Å²) in [6.45, 7) is 12.8. The number of hydrogen-bond acceptors (Lipinski definition) is 14. The molecule has 2 aromatic heterocycles. The molecule has 0 amide bonds. The van der Waals surface area contributed by atoms with Gasteiger partial charge in [-0.3, -0.25) is 9.59 Å². The summed E-state index contributed by atoms with van der Waals surface area (Å²) in [5.74, 6) is -4.65. The normalized spacial score (nSPS) is 19.9. The summed E-state index contributed by atoms with van der Waals surface area (Å²) in [6.07, 6.45) is 0.239. The number of anilines is 2. The molecule has 0 radical (unpaired) electrons. The van der Waals surface area contributed by atoms with Gasteiger partial charge in [0.2, 0.25) is 0 Å². The third-order valence-electron chi connectivity index (χ3n) is 11.2. The van der Waals surface area contributed by atoms with E-state index in [2.05, 4.69) is 29.7 Å². The first kappa shape index (κ1) is 46.5. The number of carboxylic acids is 2. The van der Waals surface area contributed by atoms with Gasteiger partial charge in [-0.1, -0.05) is 46.7 Å². The molecule has 57 heavy (non-hydrogen) atoms. The van der Waals surface area contributed by atoms with E-state index >= 15 is 0 Å². The highest BCUT2D eigenvalue weighted by Crippen LogP contribution is 2.46. The van der Waals surface area contributed by atoms with Crippen LogP contribution in [0.4, 0.5) is 38.0 Å². The van der Waals surface area contributed by atoms with Gasteiger partial charge in [0.1, 0.15) is 33.9 Å². The SMILES string of the molecule is CSc1nc(Cl)c(C=O)c(N2CC[N+]3(CC2)CCC2(CC3)CC[N+]3(CCN(c4nc(SC)nc(Cl)c4C=O)CC3)CC2)n1.O=C([O-])C(F)(F)F.O=C([O-])C(F)(F)F. The van der Waals surface area contributed by atoms with E-state index in [1.807, 2.05) is 12.5 Å². The number of carbonyl (C=O) groups excluding carboxylic acids is 4. The summed E-state index contributed by atoms with van der Waals surface area (Å²) in [4.78, 5) is 63.4. The molecule has 0 aromatic carbocycles. The van der Waals surface area contributed by atoms with Crippen molar-refractivity contribution in [2.24, 2.45) is 5.41 Å². The number of aliphatic carboxylic acids is 2. The molecule has 2 aromatic rings. The van der Waals surface area contributed by atoms with Crippen LogP contribution in [0.2, 0.25) is 10.3 Å². The number of carboxylic acid groups (broad SMARTS) is 2. The van der Waals surface area contributed by atoms with Crippen LogP contribution in [0.5, 0.6) is 0 Å². The first-order valence-corrected chi connectivity index (χ1v) is 20.8. The quantitative estimate of drug-likeness (QED) is 0.104. The molecule has 4 aliphatic heterocycles. The van der Waals surface area contributed by atoms with Crippen molar-refractivity contribution in [3.63, 3.8) is 0 Å². The standard InChI is InChI=1S/C29H40Cl2N8O2S2.2C2HF3O2/c1-42-27-32-23(30)21(19-40)25(34-27)36-7-15-38(16-8-36)11-3-29(4-12-38)5-13-39(14-6-29)17-9-37(10-18-39)26-22(20-41)24(31)33-28(35-26)43-2;2*3-2(4,5)1(6)7/h19-20H,3-18H2,1-2H3;2*(H,6,7)/q+2;;/p-2. The number of quaternary nitrogens is 2. The van der Waals surface area contributed by atoms with Gasteiger partial charge in [-0.15, -0.1) is 0 Å². The van der Waals surface area contributed by atoms with Crippen LogP contribution in [0, 0.1) is 5.41 Å². The maximum absolute atomic E-state index is 11.8. The van der Waals surface area contributed by atoms with Gasteiger partial charge in [0.05, 0.1) is 89.7 Å². The number of piperazine rings is 2. The van der Waals surface area contributed by atoms with Gasteiger partial charge >= 0.3 is 12.4 Å². The highest BCUT2D eigenvalue weighted by atomic mass is 35.5. The van der Waals surface area contributed by atoms with Crippen LogP contribution >= 0.6 is 46.7 Å². The van der Waals surface area contributed by atoms with E-state index in [4.69, 9.17) is 43.0 Å². The van der Waals surface area contributed by atoms with E-state index in [-0.39, 0.29) is 10.3 Å². The maximum Gasteiger partial charge on any atom is 0.430 e. The lowest BCUT2D eigenvalue weighted by Gasteiger charge is -2.56. The fraction of sp³-hybridized carbons (Fsp3) is 0.636. The number of aromatic nitrogens is 4. The second kappa shape index (κ2) is 18.8. The molecule has 0 saturated carbocycles. The fourth-order valence-corrected chi connectivity index (χ4v) is 8.90. The number of alkyl halides is 6. The second-order valence-electron chi connectivity index (χ2n) is 14.2. The van der Waals surface area contributed by atoms with Crippen molar-refractivity contribution >= 4 is 82.9 Å². The Kier molecular flexibility index (Phi) is 15.4. The van der Waals surface area contributed by atoms with Crippen molar-refractivity contribution < 1.29 is 64.7 Å². The van der Waals surface area contributed by atoms with E-state index in [9.17, 15) is 35.9 Å². The predicted molar refractivity (Wildman–Crippen MR) is 195 cm³/mol. The van der Waals surface area contributed by atoms with Crippen molar-refractivity contribution in [3.8, 4) is 0 Å². The number of nitrogens with zero attached hydrogens (tertiary/aromatic N) is 8. The lowest BCUT2D eigenvalue weighted by Crippen LogP contribution is -2.67. The molecule has 316 valence electrons. The van der Waals surface area contributed by atoms with Crippen LogP contribution in [0.25, 0.3) is 0 Å². The van der Waals surface area contributed by atoms with Gasteiger partial charge in [-0.2, -0.15) is 26.3 Å². The smallest absolute Gasteiger partial charge is 0.430 e. The number of hydrogen-bond donors (Lipinski definition) is 0. The van der Waals surface area contributed by atoms with Gasteiger partial charge in [-0.25, -0.2) is 19.9 Å². The molecular weight excluding hydrogens is 853 g/mol. The Morgan fingerprint density at radius 1 is 0.632 bits per heavy atom. The molecule has 0 bridgehead atoms. The zero-order valence-corrected chi connectivity index (χ0v) is 34.0. The third kappa shape index (κ3) is 11.5. The summed E-state index contributed by atoms with van der Waals surface area (Å²) < 4.78 is 65.5. The Morgan fingerprint density at radius 3 is 1.14 bits per heavy atom. The minimum atomic E-state index is -5.19. The minimum Gasteiger partial charge on any atom is -0.542 e. The number of halogens is 8. The van der Waals surface area contributed by atoms with Crippen molar-refractivity contribution in [2.75, 3.05) is 101 Å². The zero-order chi connectivity index (χ0) is 42.4. The molecule has 4 saturated heterocycles. The maximum atomic E-state index is 11.8. The molecule has 6 rings (SSSR count). The molecule has 0 unspecified atom stereocenters. The monoisotopic (exact) mass is 892 g/mol. The van der Waals surface area contributed by atoms with Crippen LogP contribution in [0.1, 0.15) is 46.4 Å². The Bertz CT molecular complexity index is 1650. The summed E-state index contributed by atoms with van der Waals surface area (Å²) in [7, 11) is 0. The first-order valence-electron chi connectivity index (χ1n) is 17.5. The molecule has 0 atom stereocenters. The second-order valence-corrected chi connectivity index (χ2v) is 16.5. The van der Waals surface area contributed by atoms with Crippen molar-refractivity contribution in [1.82, 2.24) is 19.9 Å². The molecule has 0 aliphatic carbocycles. The lowest BCUT2D eigenvalue weighted by atomic mass is 9.69. The molecule has 24 heteroatoms. The molecule has 14 nitrogen and oxygen atoms in total. The predicted octanol–water partition coefficient (Wildman–Crippen LogP) is 2.79. The topological polar surface area (TPSA) is 172 Å². The zero-order valence-electron chi connectivity index (χ0n) is 30.8. The van der Waals surface area contributed by atoms with E-state index in [0.717, 1.165) is 64.9 Å². The van der Waals surface area contributed by atoms with Gasteiger partial charge in [0.15, 0.2) is 22.9 Å². The van der Waals surface area contributed by atoms with E-state index in [0.29, 0.717) is 38.5 Å². The molecular formula is C33H40Cl2F6N8O6S2. The minimum absolute atomic E-state index is 0.242. The molecule has 3 spiro atoms. The summed E-state index contributed by atoms with van der Waals surface area (Å²) in [6, 6.07) is 0. The van der Waals surface area contributed by atoms with E-state index in [1.165, 1.54) is 84.4 Å². The molecule has 0 N–H and O–H groups in total. The number of carbonyl (C=O) groups is 4. The Balaban J connectivity index is 0.000000440. The number of thioether (sulfide) groups is 2. The molecule has 4 aliphatic rings.